The Balaban J connectivity index is 3.02. The lowest BCUT2D eigenvalue weighted by atomic mass is 9.86. The largest absolute Gasteiger partial charge is 0.508 e. The van der Waals surface area contributed by atoms with Crippen molar-refractivity contribution in [2.45, 2.75) is 0 Å². The zero-order valence-electron chi connectivity index (χ0n) is 6.56. The summed E-state index contributed by atoms with van der Waals surface area (Å²) in [6, 6.07) is 2.96. The monoisotopic (exact) mass is 168 g/mol. The normalized spacial score (nSPS) is 9.58. The molecule has 0 aromatic carbocycles. The van der Waals surface area contributed by atoms with E-state index in [1.165, 1.54) is 19.2 Å². The maximum atomic E-state index is 8.71. The molecule has 0 aliphatic heterocycles. The number of nitrogens with two attached hydrogens (primary N) is 1. The van der Waals surface area contributed by atoms with Crippen molar-refractivity contribution in [2.24, 2.45) is 0 Å². The third-order valence-electron chi connectivity index (χ3n) is 1.39. The number of pyridine rings is 1. The number of rotatable bonds is 2. The molecule has 0 atom stereocenters. The minimum absolute atomic E-state index is 0.105. The van der Waals surface area contributed by atoms with Gasteiger partial charge in [0.15, 0.2) is 11.6 Å². The van der Waals surface area contributed by atoms with Gasteiger partial charge in [0.2, 0.25) is 0 Å². The van der Waals surface area contributed by atoms with Crippen molar-refractivity contribution in [3.05, 3.63) is 12.1 Å². The van der Waals surface area contributed by atoms with Gasteiger partial charge in [-0.15, -0.1) is 0 Å². The fourth-order valence-electron chi connectivity index (χ4n) is 0.794. The summed E-state index contributed by atoms with van der Waals surface area (Å²) in [5.41, 5.74) is 5.52. The van der Waals surface area contributed by atoms with E-state index in [2.05, 4.69) is 4.98 Å². The summed E-state index contributed by atoms with van der Waals surface area (Å²) in [6.45, 7) is 0. The molecule has 0 radical (unpaired) electrons. The molecule has 0 saturated heterocycles. The van der Waals surface area contributed by atoms with E-state index in [0.717, 1.165) is 0 Å². The van der Waals surface area contributed by atoms with Crippen molar-refractivity contribution in [2.75, 3.05) is 12.8 Å². The van der Waals surface area contributed by atoms with Crippen LogP contribution in [0.15, 0.2) is 12.1 Å². The van der Waals surface area contributed by atoms with Gasteiger partial charge in [-0.3, -0.25) is 0 Å². The molecule has 0 amide bonds. The molecule has 64 valence electrons. The van der Waals surface area contributed by atoms with E-state index in [0.29, 0.717) is 5.75 Å². The lowest BCUT2D eigenvalue weighted by molar-refractivity contribution is 0.414. The SMILES string of the molecule is COc1ccc(B(O)O)nc1N. The first-order chi connectivity index (χ1) is 5.65. The number of anilines is 1. The summed E-state index contributed by atoms with van der Waals surface area (Å²) in [7, 11) is -0.138. The number of hydrogen-bond acceptors (Lipinski definition) is 5. The standard InChI is InChI=1S/C6H9BN2O3/c1-12-4-2-3-5(7(10)11)9-6(4)8/h2-3,10-11H,1H3,(H2,8,9). The Morgan fingerprint density at radius 1 is 1.50 bits per heavy atom. The number of nitrogen functional groups attached to an aromatic ring is 1. The van der Waals surface area contributed by atoms with Gasteiger partial charge in [-0.05, 0) is 12.1 Å². The number of hydrogen-bond donors (Lipinski definition) is 3. The van der Waals surface area contributed by atoms with Gasteiger partial charge < -0.3 is 20.5 Å². The lowest BCUT2D eigenvalue weighted by Gasteiger charge is -2.04. The second-order valence-corrected chi connectivity index (χ2v) is 2.20. The van der Waals surface area contributed by atoms with E-state index >= 15 is 0 Å². The molecular weight excluding hydrogens is 159 g/mol. The molecule has 4 N–H and O–H groups in total. The lowest BCUT2D eigenvalue weighted by Crippen LogP contribution is -2.33. The highest BCUT2D eigenvalue weighted by Gasteiger charge is 2.14. The quantitative estimate of drug-likeness (QED) is 0.460. The molecule has 1 aromatic rings. The van der Waals surface area contributed by atoms with Crippen LogP contribution >= 0.6 is 0 Å². The Labute approximate surface area is 70.0 Å². The highest BCUT2D eigenvalue weighted by molar-refractivity contribution is 6.57. The van der Waals surface area contributed by atoms with E-state index in [-0.39, 0.29) is 11.4 Å². The molecule has 0 fully saturated rings. The van der Waals surface area contributed by atoms with E-state index in [1.807, 2.05) is 0 Å². The van der Waals surface area contributed by atoms with Gasteiger partial charge in [-0.2, -0.15) is 0 Å². The summed E-state index contributed by atoms with van der Waals surface area (Å²) in [5, 5.41) is 17.4. The van der Waals surface area contributed by atoms with Gasteiger partial charge in [0.25, 0.3) is 0 Å². The van der Waals surface area contributed by atoms with Crippen molar-refractivity contribution in [3.63, 3.8) is 0 Å². The Morgan fingerprint density at radius 3 is 2.58 bits per heavy atom. The minimum atomic E-state index is -1.60. The van der Waals surface area contributed by atoms with Gasteiger partial charge in [-0.25, -0.2) is 4.98 Å². The van der Waals surface area contributed by atoms with Gasteiger partial charge in [0.05, 0.1) is 12.7 Å². The molecule has 0 unspecified atom stereocenters. The fourth-order valence-corrected chi connectivity index (χ4v) is 0.794. The zero-order valence-corrected chi connectivity index (χ0v) is 6.56. The van der Waals surface area contributed by atoms with Gasteiger partial charge in [0.1, 0.15) is 0 Å². The van der Waals surface area contributed by atoms with Crippen LogP contribution in [-0.4, -0.2) is 29.3 Å². The van der Waals surface area contributed by atoms with Crippen LogP contribution in [0.1, 0.15) is 0 Å². The second kappa shape index (κ2) is 3.42. The van der Waals surface area contributed by atoms with Crippen LogP contribution in [0.4, 0.5) is 5.82 Å². The van der Waals surface area contributed by atoms with Crippen molar-refractivity contribution in [1.82, 2.24) is 4.98 Å². The summed E-state index contributed by atoms with van der Waals surface area (Å²) in [5.74, 6) is 0.558. The third-order valence-corrected chi connectivity index (χ3v) is 1.39. The summed E-state index contributed by atoms with van der Waals surface area (Å²) in [6.07, 6.45) is 0. The van der Waals surface area contributed by atoms with Gasteiger partial charge in [-0.1, -0.05) is 0 Å². The highest BCUT2D eigenvalue weighted by atomic mass is 16.5. The van der Waals surface area contributed by atoms with Crippen molar-refractivity contribution < 1.29 is 14.8 Å². The highest BCUT2D eigenvalue weighted by Crippen LogP contribution is 2.14. The molecule has 0 saturated carbocycles. The van der Waals surface area contributed by atoms with E-state index < -0.39 is 7.12 Å². The topological polar surface area (TPSA) is 88.6 Å². The molecule has 5 nitrogen and oxygen atoms in total. The Kier molecular flexibility index (Phi) is 2.52. The molecule has 1 heterocycles. The Morgan fingerprint density at radius 2 is 2.17 bits per heavy atom. The van der Waals surface area contributed by atoms with Gasteiger partial charge in [0, 0.05) is 0 Å². The number of ether oxygens (including phenoxy) is 1. The molecule has 0 bridgehead atoms. The smallest absolute Gasteiger partial charge is 0.493 e. The maximum absolute atomic E-state index is 8.71. The first-order valence-electron chi connectivity index (χ1n) is 3.31. The average molecular weight is 168 g/mol. The summed E-state index contributed by atoms with van der Waals surface area (Å²) >= 11 is 0. The van der Waals surface area contributed by atoms with Crippen LogP contribution in [-0.2, 0) is 0 Å². The van der Waals surface area contributed by atoms with Crippen molar-refractivity contribution >= 4 is 18.5 Å². The number of nitrogens with zero attached hydrogens (tertiary/aromatic N) is 1. The predicted octanol–water partition coefficient (Wildman–Crippen LogP) is -1.65. The van der Waals surface area contributed by atoms with E-state index in [4.69, 9.17) is 20.5 Å². The molecule has 1 rings (SSSR count). The Hall–Kier alpha value is -1.27. The third kappa shape index (κ3) is 1.66. The van der Waals surface area contributed by atoms with Crippen LogP contribution in [0, 0.1) is 0 Å². The molecular formula is C6H9BN2O3. The van der Waals surface area contributed by atoms with Gasteiger partial charge >= 0.3 is 7.12 Å². The fraction of sp³-hybridized carbons (Fsp3) is 0.167. The maximum Gasteiger partial charge on any atom is 0.508 e. The van der Waals surface area contributed by atoms with E-state index in [1.54, 1.807) is 0 Å². The molecule has 1 aromatic heterocycles. The van der Waals surface area contributed by atoms with Crippen LogP contribution in [0.2, 0.25) is 0 Å². The molecule has 0 aliphatic carbocycles. The first-order valence-corrected chi connectivity index (χ1v) is 3.31. The van der Waals surface area contributed by atoms with Crippen molar-refractivity contribution in [1.29, 1.82) is 0 Å². The first kappa shape index (κ1) is 8.83. The molecule has 0 spiro atoms. The van der Waals surface area contributed by atoms with Crippen LogP contribution in [0.5, 0.6) is 5.75 Å². The number of aromatic nitrogens is 1. The van der Waals surface area contributed by atoms with Crippen LogP contribution in [0.25, 0.3) is 0 Å². The minimum Gasteiger partial charge on any atom is -0.493 e. The number of methoxy groups -OCH3 is 1. The zero-order chi connectivity index (χ0) is 9.14. The average Bonchev–Trinajstić information content (AvgIpc) is 2.04. The molecule has 6 heteroatoms. The summed E-state index contributed by atoms with van der Waals surface area (Å²) < 4.78 is 4.83. The Bertz CT molecular complexity index is 279. The molecule has 0 aliphatic rings. The molecule has 12 heavy (non-hydrogen) atoms. The predicted molar refractivity (Wildman–Crippen MR) is 45.0 cm³/mol. The second-order valence-electron chi connectivity index (χ2n) is 2.20. The van der Waals surface area contributed by atoms with Crippen molar-refractivity contribution in [3.8, 4) is 5.75 Å². The summed E-state index contributed by atoms with van der Waals surface area (Å²) in [4.78, 5) is 3.70. The van der Waals surface area contributed by atoms with E-state index in [9.17, 15) is 0 Å². The van der Waals surface area contributed by atoms with Crippen LogP contribution in [0.3, 0.4) is 0 Å². The van der Waals surface area contributed by atoms with Crippen LogP contribution < -0.4 is 16.1 Å².